The maximum atomic E-state index is 12.7. The number of halogens is 2. The van der Waals surface area contributed by atoms with Gasteiger partial charge in [0.05, 0.1) is 22.9 Å². The Kier molecular flexibility index (Phi) is 5.18. The van der Waals surface area contributed by atoms with Crippen LogP contribution in [0.15, 0.2) is 36.5 Å². The van der Waals surface area contributed by atoms with Crippen LogP contribution >= 0.6 is 23.2 Å². The summed E-state index contributed by atoms with van der Waals surface area (Å²) in [5.41, 5.74) is 1.89. The molecule has 1 aromatic carbocycles. The summed E-state index contributed by atoms with van der Waals surface area (Å²) in [6.45, 7) is 2.98. The summed E-state index contributed by atoms with van der Waals surface area (Å²) in [6, 6.07) is 9.51. The van der Waals surface area contributed by atoms with E-state index in [0.29, 0.717) is 21.8 Å². The van der Waals surface area contributed by atoms with Gasteiger partial charge in [-0.25, -0.2) is 0 Å². The number of likely N-dealkylation sites (tertiary alicyclic amines) is 1. The lowest BCUT2D eigenvalue weighted by molar-refractivity contribution is -0.932. The second-order valence-electron chi connectivity index (χ2n) is 6.40. The molecular weight excluding hydrogens is 345 g/mol. The molecule has 3 atom stereocenters. The number of hydrogen-bond acceptors (Lipinski definition) is 1. The number of hydrogen-bond donors (Lipinski definition) is 2. The average Bonchev–Trinajstić information content (AvgIpc) is 3.17. The van der Waals surface area contributed by atoms with Crippen molar-refractivity contribution in [2.45, 2.75) is 31.8 Å². The van der Waals surface area contributed by atoms with Gasteiger partial charge < -0.3 is 14.8 Å². The fraction of sp³-hybridized carbons (Fsp3) is 0.389. The number of quaternary nitrogens is 1. The summed E-state index contributed by atoms with van der Waals surface area (Å²) in [4.78, 5) is 14.0. The molecule has 1 unspecified atom stereocenters. The number of rotatable bonds is 4. The number of aromatic nitrogens is 1. The van der Waals surface area contributed by atoms with Gasteiger partial charge >= 0.3 is 0 Å². The van der Waals surface area contributed by atoms with Crippen molar-refractivity contribution in [1.82, 2.24) is 4.57 Å². The predicted octanol–water partition coefficient (Wildman–Crippen LogP) is 3.08. The highest BCUT2D eigenvalue weighted by Gasteiger charge is 2.38. The molecule has 0 radical (unpaired) electrons. The van der Waals surface area contributed by atoms with Gasteiger partial charge in [0.1, 0.15) is 6.04 Å². The molecular formula is C18H22Cl2N3O+. The third kappa shape index (κ3) is 3.46. The Balaban J connectivity index is 1.74. The van der Waals surface area contributed by atoms with Gasteiger partial charge in [-0.1, -0.05) is 23.2 Å². The number of nitrogens with one attached hydrogen (secondary N) is 2. The standard InChI is InChI=1S/C18H21Cl2N3O/c1-12(18(24)21-15-8-7-13(19)11-14(15)20)23-10-4-6-17(23)16-5-3-9-22(16)2/h3,5,7-9,11-12,17H,4,6,10H2,1-2H3,(H,21,24)/p+1/t12-,17+/m0/s1. The lowest BCUT2D eigenvalue weighted by atomic mass is 10.1. The summed E-state index contributed by atoms with van der Waals surface area (Å²) in [5, 5.41) is 3.95. The van der Waals surface area contributed by atoms with Crippen molar-refractivity contribution in [2.75, 3.05) is 11.9 Å². The molecule has 1 aliphatic heterocycles. The van der Waals surface area contributed by atoms with E-state index in [1.165, 1.54) is 10.6 Å². The minimum absolute atomic E-state index is 0.0182. The zero-order valence-electron chi connectivity index (χ0n) is 13.9. The molecule has 4 nitrogen and oxygen atoms in total. The van der Waals surface area contributed by atoms with E-state index in [4.69, 9.17) is 23.2 Å². The van der Waals surface area contributed by atoms with Crippen LogP contribution in [0.2, 0.25) is 10.0 Å². The van der Waals surface area contributed by atoms with E-state index in [-0.39, 0.29) is 11.9 Å². The highest BCUT2D eigenvalue weighted by atomic mass is 35.5. The van der Waals surface area contributed by atoms with Gasteiger partial charge in [-0.15, -0.1) is 0 Å². The van der Waals surface area contributed by atoms with Gasteiger partial charge in [0.15, 0.2) is 6.04 Å². The first kappa shape index (κ1) is 17.3. The molecule has 1 fully saturated rings. The van der Waals surface area contributed by atoms with Gasteiger partial charge in [-0.05, 0) is 37.3 Å². The Morgan fingerprint density at radius 1 is 1.38 bits per heavy atom. The summed E-state index contributed by atoms with van der Waals surface area (Å²) < 4.78 is 2.15. The van der Waals surface area contributed by atoms with Crippen molar-refractivity contribution in [3.63, 3.8) is 0 Å². The fourth-order valence-corrected chi connectivity index (χ4v) is 4.02. The molecule has 1 aliphatic rings. The van der Waals surface area contributed by atoms with Gasteiger partial charge in [-0.2, -0.15) is 0 Å². The molecule has 0 saturated carbocycles. The summed E-state index contributed by atoms with van der Waals surface area (Å²) in [5.74, 6) is -0.0182. The molecule has 1 amide bonds. The maximum absolute atomic E-state index is 12.7. The molecule has 1 aromatic heterocycles. The Bertz CT molecular complexity index is 744. The van der Waals surface area contributed by atoms with Crippen LogP contribution in [0.1, 0.15) is 31.5 Å². The Morgan fingerprint density at radius 2 is 2.17 bits per heavy atom. The second-order valence-corrected chi connectivity index (χ2v) is 7.24. The lowest BCUT2D eigenvalue weighted by Gasteiger charge is -2.27. The van der Waals surface area contributed by atoms with Crippen LogP contribution in [0.5, 0.6) is 0 Å². The van der Waals surface area contributed by atoms with E-state index in [0.717, 1.165) is 19.4 Å². The highest BCUT2D eigenvalue weighted by molar-refractivity contribution is 6.36. The van der Waals surface area contributed by atoms with E-state index in [2.05, 4.69) is 35.3 Å². The van der Waals surface area contributed by atoms with Crippen LogP contribution in [-0.2, 0) is 11.8 Å². The Morgan fingerprint density at radius 3 is 2.83 bits per heavy atom. The predicted molar refractivity (Wildman–Crippen MR) is 97.8 cm³/mol. The Hall–Kier alpha value is -1.49. The van der Waals surface area contributed by atoms with Gasteiger partial charge in [0.25, 0.3) is 5.91 Å². The maximum Gasteiger partial charge on any atom is 0.282 e. The molecule has 0 bridgehead atoms. The van der Waals surface area contributed by atoms with E-state index < -0.39 is 0 Å². The Labute approximate surface area is 152 Å². The molecule has 128 valence electrons. The first-order valence-electron chi connectivity index (χ1n) is 8.20. The molecule has 3 rings (SSSR count). The second kappa shape index (κ2) is 7.18. The van der Waals surface area contributed by atoms with E-state index in [1.54, 1.807) is 18.2 Å². The number of nitrogens with zero attached hydrogens (tertiary/aromatic N) is 1. The largest absolute Gasteiger partial charge is 0.350 e. The van der Waals surface area contributed by atoms with Crippen LogP contribution in [0.25, 0.3) is 0 Å². The summed E-state index contributed by atoms with van der Waals surface area (Å²) >= 11 is 12.1. The number of benzene rings is 1. The van der Waals surface area contributed by atoms with Gasteiger partial charge in [0, 0.05) is 31.1 Å². The molecule has 1 saturated heterocycles. The number of anilines is 1. The monoisotopic (exact) mass is 366 g/mol. The third-order valence-electron chi connectivity index (χ3n) is 4.89. The van der Waals surface area contributed by atoms with Crippen molar-refractivity contribution >= 4 is 34.8 Å². The van der Waals surface area contributed by atoms with Crippen LogP contribution in [-0.4, -0.2) is 23.1 Å². The zero-order chi connectivity index (χ0) is 17.3. The summed E-state index contributed by atoms with van der Waals surface area (Å²) in [7, 11) is 2.06. The number of aryl methyl sites for hydroxylation is 1. The van der Waals surface area contributed by atoms with E-state index >= 15 is 0 Å². The third-order valence-corrected chi connectivity index (χ3v) is 5.43. The topological polar surface area (TPSA) is 38.5 Å². The minimum Gasteiger partial charge on any atom is -0.350 e. The van der Waals surface area contributed by atoms with Crippen molar-refractivity contribution in [3.05, 3.63) is 52.3 Å². The SMILES string of the molecule is C[C@@H](C(=O)Nc1ccc(Cl)cc1Cl)[NH+]1CCC[C@@H]1c1cccn1C. The van der Waals surface area contributed by atoms with Crippen LogP contribution in [0.4, 0.5) is 5.69 Å². The van der Waals surface area contributed by atoms with Gasteiger partial charge in [0.2, 0.25) is 0 Å². The van der Waals surface area contributed by atoms with Crippen molar-refractivity contribution in [3.8, 4) is 0 Å². The fourth-order valence-electron chi connectivity index (χ4n) is 3.56. The molecule has 2 heterocycles. The average molecular weight is 367 g/mol. The molecule has 6 heteroatoms. The number of carbonyl (C=O) groups is 1. The van der Waals surface area contributed by atoms with Crippen LogP contribution < -0.4 is 10.2 Å². The quantitative estimate of drug-likeness (QED) is 0.857. The smallest absolute Gasteiger partial charge is 0.282 e. The van der Waals surface area contributed by atoms with Crippen LogP contribution in [0.3, 0.4) is 0 Å². The molecule has 0 spiro atoms. The first-order chi connectivity index (χ1) is 11.5. The van der Waals surface area contributed by atoms with Crippen molar-refractivity contribution < 1.29 is 9.69 Å². The highest BCUT2D eigenvalue weighted by Crippen LogP contribution is 2.25. The van der Waals surface area contributed by atoms with Crippen LogP contribution in [0, 0.1) is 0 Å². The van der Waals surface area contributed by atoms with E-state index in [1.807, 2.05) is 6.92 Å². The lowest BCUT2D eigenvalue weighted by Crippen LogP contribution is -3.15. The molecule has 24 heavy (non-hydrogen) atoms. The van der Waals surface area contributed by atoms with Crippen molar-refractivity contribution in [2.24, 2.45) is 7.05 Å². The molecule has 2 N–H and O–H groups in total. The van der Waals surface area contributed by atoms with E-state index in [9.17, 15) is 4.79 Å². The number of amides is 1. The normalized spacial score (nSPS) is 21.7. The summed E-state index contributed by atoms with van der Waals surface area (Å²) in [6.07, 6.45) is 4.29. The molecule has 0 aliphatic carbocycles. The minimum atomic E-state index is -0.154. The van der Waals surface area contributed by atoms with Crippen molar-refractivity contribution in [1.29, 1.82) is 0 Å². The first-order valence-corrected chi connectivity index (χ1v) is 8.95. The zero-order valence-corrected chi connectivity index (χ0v) is 15.4. The molecule has 2 aromatic rings. The van der Waals surface area contributed by atoms with Gasteiger partial charge in [-0.3, -0.25) is 4.79 Å². The number of carbonyl (C=O) groups excluding carboxylic acids is 1.